The van der Waals surface area contributed by atoms with Crippen molar-refractivity contribution in [3.05, 3.63) is 52.4 Å². The number of hydrogen-bond acceptors (Lipinski definition) is 7. The Balaban J connectivity index is 1.43. The largest absolute Gasteiger partial charge is 0.460 e. The number of nitrogens with two attached hydrogens (primary N) is 1. The first-order chi connectivity index (χ1) is 18.4. The van der Waals surface area contributed by atoms with Crippen LogP contribution in [0.15, 0.2) is 12.1 Å². The highest BCUT2D eigenvalue weighted by Gasteiger charge is 2.42. The van der Waals surface area contributed by atoms with Crippen molar-refractivity contribution in [3.8, 4) is 0 Å². The van der Waals surface area contributed by atoms with E-state index in [0.29, 0.717) is 45.0 Å². The second kappa shape index (κ2) is 11.9. The van der Waals surface area contributed by atoms with Gasteiger partial charge in [0.1, 0.15) is 12.4 Å². The Morgan fingerprint density at radius 3 is 2.44 bits per heavy atom. The van der Waals surface area contributed by atoms with Gasteiger partial charge in [0.15, 0.2) is 17.3 Å². The first-order valence-electron chi connectivity index (χ1n) is 12.2. The number of morpholine rings is 1. The maximum absolute atomic E-state index is 14.0. The van der Waals surface area contributed by atoms with Gasteiger partial charge in [-0.1, -0.05) is 0 Å². The Morgan fingerprint density at radius 2 is 1.74 bits per heavy atom. The minimum atomic E-state index is -4.84. The number of benzene rings is 1. The number of alkyl halides is 3. The predicted octanol–water partition coefficient (Wildman–Crippen LogP) is 2.11. The van der Waals surface area contributed by atoms with Gasteiger partial charge in [-0.25, -0.2) is 22.9 Å². The van der Waals surface area contributed by atoms with Crippen LogP contribution in [0.4, 0.5) is 26.3 Å². The van der Waals surface area contributed by atoms with Crippen LogP contribution in [0.25, 0.3) is 0 Å². The SMILES string of the molecule is NC(CC(=O)N1CCn2c(C(F)(F)F)nc(C(=O)OCCN3CCOCC3)c2C1)Cc1cc(F)c(F)cc1F. The molecule has 1 aromatic carbocycles. The van der Waals surface area contributed by atoms with E-state index in [0.717, 1.165) is 4.57 Å². The Kier molecular flexibility index (Phi) is 8.81. The summed E-state index contributed by atoms with van der Waals surface area (Å²) < 4.78 is 92.8. The minimum Gasteiger partial charge on any atom is -0.460 e. The fraction of sp³-hybridized carbons (Fsp3) is 0.542. The van der Waals surface area contributed by atoms with Gasteiger partial charge in [-0.3, -0.25) is 9.69 Å². The number of carbonyl (C=O) groups is 2. The summed E-state index contributed by atoms with van der Waals surface area (Å²) in [7, 11) is 0. The normalized spacial score (nSPS) is 17.2. The van der Waals surface area contributed by atoms with Gasteiger partial charge in [0.05, 0.1) is 25.5 Å². The van der Waals surface area contributed by atoms with Crippen LogP contribution in [-0.2, 0) is 40.0 Å². The smallest absolute Gasteiger partial charge is 0.449 e. The Bertz CT molecular complexity index is 1210. The van der Waals surface area contributed by atoms with E-state index >= 15 is 0 Å². The highest BCUT2D eigenvalue weighted by Crippen LogP contribution is 2.32. The summed E-state index contributed by atoms with van der Waals surface area (Å²) in [6.45, 7) is 1.88. The molecular weight excluding hydrogens is 536 g/mol. The molecule has 15 heteroatoms. The quantitative estimate of drug-likeness (QED) is 0.298. The average molecular weight is 563 g/mol. The average Bonchev–Trinajstić information content (AvgIpc) is 3.27. The molecular formula is C24H27F6N5O4. The van der Waals surface area contributed by atoms with Crippen molar-refractivity contribution in [1.82, 2.24) is 19.4 Å². The van der Waals surface area contributed by atoms with Crippen LogP contribution in [0.1, 0.15) is 34.0 Å². The van der Waals surface area contributed by atoms with Crippen LogP contribution < -0.4 is 5.73 Å². The van der Waals surface area contributed by atoms with Gasteiger partial charge in [0.25, 0.3) is 0 Å². The molecule has 214 valence electrons. The number of rotatable bonds is 8. The van der Waals surface area contributed by atoms with E-state index in [9.17, 15) is 35.9 Å². The molecule has 2 aromatic rings. The van der Waals surface area contributed by atoms with Crippen LogP contribution in [0.2, 0.25) is 0 Å². The standard InChI is InChI=1S/C24H27F6N5O4/c25-16-12-18(27)17(26)10-14(16)9-15(31)11-20(36)34-1-2-35-19(13-34)21(32-23(35)24(28,29)30)22(37)39-8-5-33-3-6-38-7-4-33/h10,12,15H,1-9,11,13,31H2. The molecule has 1 unspecified atom stereocenters. The maximum Gasteiger partial charge on any atom is 0.449 e. The van der Waals surface area contributed by atoms with Crippen molar-refractivity contribution in [1.29, 1.82) is 0 Å². The van der Waals surface area contributed by atoms with Crippen molar-refractivity contribution >= 4 is 11.9 Å². The zero-order valence-corrected chi connectivity index (χ0v) is 20.8. The van der Waals surface area contributed by atoms with E-state index in [1.165, 1.54) is 4.90 Å². The maximum atomic E-state index is 14.0. The van der Waals surface area contributed by atoms with Crippen LogP contribution >= 0.6 is 0 Å². The monoisotopic (exact) mass is 563 g/mol. The highest BCUT2D eigenvalue weighted by atomic mass is 19.4. The number of amides is 1. The second-order valence-electron chi connectivity index (χ2n) is 9.31. The number of ether oxygens (including phenoxy) is 2. The summed E-state index contributed by atoms with van der Waals surface area (Å²) in [4.78, 5) is 32.3. The third kappa shape index (κ3) is 6.89. The molecule has 1 fully saturated rings. The number of hydrogen-bond donors (Lipinski definition) is 1. The van der Waals surface area contributed by atoms with Crippen LogP contribution in [0, 0.1) is 17.5 Å². The molecule has 2 aliphatic heterocycles. The predicted molar refractivity (Wildman–Crippen MR) is 123 cm³/mol. The topological polar surface area (TPSA) is 103 Å². The van der Waals surface area contributed by atoms with Crippen molar-refractivity contribution in [2.24, 2.45) is 5.73 Å². The molecule has 0 saturated carbocycles. The minimum absolute atomic E-state index is 0.0650. The van der Waals surface area contributed by atoms with Gasteiger partial charge < -0.3 is 24.7 Å². The van der Waals surface area contributed by atoms with Crippen molar-refractivity contribution < 1.29 is 45.4 Å². The third-order valence-electron chi connectivity index (χ3n) is 6.56. The molecule has 9 nitrogen and oxygen atoms in total. The van der Waals surface area contributed by atoms with Gasteiger partial charge in [0, 0.05) is 51.3 Å². The molecule has 1 amide bonds. The second-order valence-corrected chi connectivity index (χ2v) is 9.31. The molecule has 1 atom stereocenters. The van der Waals surface area contributed by atoms with E-state index in [1.54, 1.807) is 0 Å². The summed E-state index contributed by atoms with van der Waals surface area (Å²) >= 11 is 0. The summed E-state index contributed by atoms with van der Waals surface area (Å²) in [6, 6.07) is 0.0496. The summed E-state index contributed by atoms with van der Waals surface area (Å²) in [5.41, 5.74) is 5.06. The van der Waals surface area contributed by atoms with Gasteiger partial charge in [0.2, 0.25) is 11.7 Å². The van der Waals surface area contributed by atoms with Crippen LogP contribution in [0.5, 0.6) is 0 Å². The van der Waals surface area contributed by atoms with E-state index in [2.05, 4.69) is 4.98 Å². The zero-order chi connectivity index (χ0) is 28.3. The number of imidazole rings is 1. The number of esters is 1. The Labute approximate surface area is 219 Å². The summed E-state index contributed by atoms with van der Waals surface area (Å²) in [6.07, 6.45) is -5.47. The van der Waals surface area contributed by atoms with Crippen LogP contribution in [-0.4, -0.2) is 83.3 Å². The molecule has 2 N–H and O–H groups in total. The fourth-order valence-corrected chi connectivity index (χ4v) is 4.55. The first-order valence-corrected chi connectivity index (χ1v) is 12.2. The molecule has 0 radical (unpaired) electrons. The Hall–Kier alpha value is -3.17. The molecule has 3 heterocycles. The van der Waals surface area contributed by atoms with E-state index < -0.39 is 53.1 Å². The molecule has 1 aromatic heterocycles. The summed E-state index contributed by atoms with van der Waals surface area (Å²) in [5, 5.41) is 0. The lowest BCUT2D eigenvalue weighted by molar-refractivity contribution is -0.148. The molecule has 0 aliphatic carbocycles. The highest BCUT2D eigenvalue weighted by molar-refractivity contribution is 5.89. The summed E-state index contributed by atoms with van der Waals surface area (Å²) in [5.74, 6) is -6.52. The van der Waals surface area contributed by atoms with Gasteiger partial charge >= 0.3 is 12.1 Å². The Morgan fingerprint density at radius 1 is 1.05 bits per heavy atom. The molecule has 4 rings (SSSR count). The van der Waals surface area contributed by atoms with Gasteiger partial charge in [-0.2, -0.15) is 13.2 Å². The van der Waals surface area contributed by atoms with E-state index in [1.807, 2.05) is 4.90 Å². The number of fused-ring (bicyclic) bond motifs is 1. The van der Waals surface area contributed by atoms with Crippen molar-refractivity contribution in [2.45, 2.75) is 38.1 Å². The zero-order valence-electron chi connectivity index (χ0n) is 20.8. The van der Waals surface area contributed by atoms with E-state index in [-0.39, 0.29) is 50.3 Å². The lowest BCUT2D eigenvalue weighted by Gasteiger charge is -2.30. The number of aromatic nitrogens is 2. The molecule has 0 spiro atoms. The first kappa shape index (κ1) is 28.8. The fourth-order valence-electron chi connectivity index (χ4n) is 4.55. The number of halogens is 6. The molecule has 2 aliphatic rings. The molecule has 1 saturated heterocycles. The lowest BCUT2D eigenvalue weighted by atomic mass is 10.0. The third-order valence-corrected chi connectivity index (χ3v) is 6.56. The van der Waals surface area contributed by atoms with Gasteiger partial charge in [-0.15, -0.1) is 0 Å². The van der Waals surface area contributed by atoms with E-state index in [4.69, 9.17) is 15.2 Å². The van der Waals surface area contributed by atoms with Crippen molar-refractivity contribution in [3.63, 3.8) is 0 Å². The number of nitrogens with zero attached hydrogens (tertiary/aromatic N) is 4. The van der Waals surface area contributed by atoms with Gasteiger partial charge in [-0.05, 0) is 18.1 Å². The molecule has 39 heavy (non-hydrogen) atoms. The number of carbonyl (C=O) groups excluding carboxylic acids is 2. The van der Waals surface area contributed by atoms with Crippen molar-refractivity contribution in [2.75, 3.05) is 46.0 Å². The lowest BCUT2D eigenvalue weighted by Crippen LogP contribution is -2.42. The molecule has 0 bridgehead atoms. The van der Waals surface area contributed by atoms with Crippen LogP contribution in [0.3, 0.4) is 0 Å².